The van der Waals surface area contributed by atoms with Gasteiger partial charge in [0.2, 0.25) is 11.8 Å². The SMILES string of the molecule is O=C(NC1CCCc2c(-c3ccccc3)cccc21)C1CCC(C(F)(F)F)NC1=O. The third-order valence-corrected chi connectivity index (χ3v) is 6.00. The lowest BCUT2D eigenvalue weighted by Gasteiger charge is -2.32. The maximum Gasteiger partial charge on any atom is 0.408 e. The van der Waals surface area contributed by atoms with Gasteiger partial charge in [0.05, 0.1) is 6.04 Å². The number of hydrogen-bond acceptors (Lipinski definition) is 2. The molecule has 1 fully saturated rings. The van der Waals surface area contributed by atoms with Crippen molar-refractivity contribution in [1.82, 2.24) is 10.6 Å². The Bertz CT molecular complexity index is 943. The van der Waals surface area contributed by atoms with Gasteiger partial charge in [0, 0.05) is 0 Å². The minimum Gasteiger partial charge on any atom is -0.349 e. The molecule has 2 amide bonds. The number of carbonyl (C=O) groups excluding carboxylic acids is 2. The molecule has 0 aromatic heterocycles. The van der Waals surface area contributed by atoms with E-state index in [0.717, 1.165) is 36.0 Å². The lowest BCUT2D eigenvalue weighted by atomic mass is 9.82. The molecule has 0 saturated carbocycles. The van der Waals surface area contributed by atoms with Crippen LogP contribution >= 0.6 is 0 Å². The standard InChI is InChI=1S/C23H23F3N2O2/c24-23(25,26)20-13-12-18(22(30)28-20)21(29)27-19-11-5-9-16-15(8-4-10-17(16)19)14-6-2-1-3-7-14/h1-4,6-8,10,18-20H,5,9,11-13H2,(H,27,29)(H,28,30). The Labute approximate surface area is 172 Å². The fourth-order valence-electron chi connectivity index (χ4n) is 4.46. The van der Waals surface area contributed by atoms with Crippen molar-refractivity contribution in [1.29, 1.82) is 0 Å². The highest BCUT2D eigenvalue weighted by Gasteiger charge is 2.46. The molecule has 2 aromatic carbocycles. The average Bonchev–Trinajstić information content (AvgIpc) is 2.73. The summed E-state index contributed by atoms with van der Waals surface area (Å²) in [5.74, 6) is -2.45. The van der Waals surface area contributed by atoms with Gasteiger partial charge in [-0.15, -0.1) is 0 Å². The van der Waals surface area contributed by atoms with Crippen LogP contribution in [0.1, 0.15) is 42.9 Å². The number of halogens is 3. The molecule has 0 radical (unpaired) electrons. The molecule has 1 saturated heterocycles. The van der Waals surface area contributed by atoms with E-state index in [-0.39, 0.29) is 18.9 Å². The fraction of sp³-hybridized carbons (Fsp3) is 0.391. The second kappa shape index (κ2) is 8.13. The van der Waals surface area contributed by atoms with E-state index in [1.165, 1.54) is 5.56 Å². The highest BCUT2D eigenvalue weighted by Crippen LogP contribution is 2.37. The number of hydrogen-bond donors (Lipinski definition) is 2. The van der Waals surface area contributed by atoms with Gasteiger partial charge in [-0.05, 0) is 54.4 Å². The number of piperidine rings is 1. The van der Waals surface area contributed by atoms with Gasteiger partial charge in [-0.25, -0.2) is 0 Å². The summed E-state index contributed by atoms with van der Waals surface area (Å²) >= 11 is 0. The van der Waals surface area contributed by atoms with Crippen molar-refractivity contribution in [3.8, 4) is 11.1 Å². The van der Waals surface area contributed by atoms with E-state index in [4.69, 9.17) is 0 Å². The summed E-state index contributed by atoms with van der Waals surface area (Å²) in [5, 5.41) is 4.88. The molecule has 1 heterocycles. The van der Waals surface area contributed by atoms with Crippen molar-refractivity contribution in [2.24, 2.45) is 5.92 Å². The Morgan fingerprint density at radius 1 is 1.00 bits per heavy atom. The summed E-state index contributed by atoms with van der Waals surface area (Å²) in [6.45, 7) is 0. The quantitative estimate of drug-likeness (QED) is 0.733. The number of amides is 2. The van der Waals surface area contributed by atoms with Crippen molar-refractivity contribution in [2.75, 3.05) is 0 Å². The molecule has 2 aliphatic rings. The predicted molar refractivity (Wildman–Crippen MR) is 106 cm³/mol. The lowest BCUT2D eigenvalue weighted by molar-refractivity contribution is -0.171. The molecule has 2 aromatic rings. The van der Waals surface area contributed by atoms with E-state index in [1.807, 2.05) is 47.8 Å². The molecule has 1 aliphatic heterocycles. The van der Waals surface area contributed by atoms with Crippen LogP contribution in [0.5, 0.6) is 0 Å². The lowest BCUT2D eigenvalue weighted by Crippen LogP contribution is -2.54. The van der Waals surface area contributed by atoms with Gasteiger partial charge in [0.15, 0.2) is 0 Å². The zero-order chi connectivity index (χ0) is 21.3. The first-order chi connectivity index (χ1) is 14.3. The number of benzene rings is 2. The molecule has 4 nitrogen and oxygen atoms in total. The molecule has 30 heavy (non-hydrogen) atoms. The number of alkyl halides is 3. The largest absolute Gasteiger partial charge is 0.408 e. The van der Waals surface area contributed by atoms with E-state index in [1.54, 1.807) is 0 Å². The van der Waals surface area contributed by atoms with Crippen molar-refractivity contribution in [2.45, 2.75) is 50.4 Å². The Morgan fingerprint density at radius 2 is 1.77 bits per heavy atom. The number of nitrogens with one attached hydrogen (secondary N) is 2. The van der Waals surface area contributed by atoms with Crippen molar-refractivity contribution in [3.63, 3.8) is 0 Å². The van der Waals surface area contributed by atoms with Crippen LogP contribution in [0.2, 0.25) is 0 Å². The van der Waals surface area contributed by atoms with Crippen LogP contribution in [0.4, 0.5) is 13.2 Å². The zero-order valence-corrected chi connectivity index (χ0v) is 16.3. The summed E-state index contributed by atoms with van der Waals surface area (Å²) < 4.78 is 38.5. The van der Waals surface area contributed by atoms with Gasteiger partial charge in [0.25, 0.3) is 0 Å². The molecule has 0 spiro atoms. The van der Waals surface area contributed by atoms with Crippen molar-refractivity contribution in [3.05, 3.63) is 59.7 Å². The smallest absolute Gasteiger partial charge is 0.349 e. The third kappa shape index (κ3) is 4.06. The van der Waals surface area contributed by atoms with Gasteiger partial charge in [-0.1, -0.05) is 48.5 Å². The topological polar surface area (TPSA) is 58.2 Å². The van der Waals surface area contributed by atoms with E-state index < -0.39 is 30.0 Å². The Morgan fingerprint density at radius 3 is 2.47 bits per heavy atom. The van der Waals surface area contributed by atoms with Crippen LogP contribution in [0.15, 0.2) is 48.5 Å². The molecule has 1 aliphatic carbocycles. The van der Waals surface area contributed by atoms with Gasteiger partial charge < -0.3 is 10.6 Å². The normalized spacial score (nSPS) is 24.0. The van der Waals surface area contributed by atoms with Crippen LogP contribution in [-0.4, -0.2) is 24.0 Å². The highest BCUT2D eigenvalue weighted by atomic mass is 19.4. The van der Waals surface area contributed by atoms with Crippen LogP contribution < -0.4 is 10.6 Å². The maximum atomic E-state index is 12.8. The van der Waals surface area contributed by atoms with Crippen molar-refractivity contribution < 1.29 is 22.8 Å². The number of rotatable bonds is 3. The number of carbonyl (C=O) groups is 2. The first-order valence-corrected chi connectivity index (χ1v) is 10.2. The van der Waals surface area contributed by atoms with Crippen LogP contribution in [0.25, 0.3) is 11.1 Å². The molecular formula is C23H23F3N2O2. The molecule has 3 atom stereocenters. The molecule has 7 heteroatoms. The minimum absolute atomic E-state index is 0.106. The highest BCUT2D eigenvalue weighted by molar-refractivity contribution is 6.01. The van der Waals surface area contributed by atoms with Gasteiger partial charge in [-0.2, -0.15) is 13.2 Å². The zero-order valence-electron chi connectivity index (χ0n) is 16.3. The van der Waals surface area contributed by atoms with E-state index in [2.05, 4.69) is 11.4 Å². The Hall–Kier alpha value is -2.83. The Balaban J connectivity index is 1.51. The van der Waals surface area contributed by atoms with E-state index in [9.17, 15) is 22.8 Å². The molecule has 4 rings (SSSR count). The second-order valence-electron chi connectivity index (χ2n) is 7.93. The Kier molecular flexibility index (Phi) is 5.54. The summed E-state index contributed by atoms with van der Waals surface area (Å²) in [5.41, 5.74) is 4.41. The summed E-state index contributed by atoms with van der Waals surface area (Å²) in [7, 11) is 0. The first kappa shape index (κ1) is 20.4. The second-order valence-corrected chi connectivity index (χ2v) is 7.93. The van der Waals surface area contributed by atoms with Crippen LogP contribution in [0, 0.1) is 5.92 Å². The van der Waals surface area contributed by atoms with Gasteiger partial charge in [0.1, 0.15) is 12.0 Å². The molecule has 2 N–H and O–H groups in total. The molecule has 0 bridgehead atoms. The molecular weight excluding hydrogens is 393 g/mol. The molecule has 3 unspecified atom stereocenters. The molecule has 158 valence electrons. The number of fused-ring (bicyclic) bond motifs is 1. The summed E-state index contributed by atoms with van der Waals surface area (Å²) in [6, 6.07) is 13.9. The van der Waals surface area contributed by atoms with Crippen LogP contribution in [0.3, 0.4) is 0 Å². The maximum absolute atomic E-state index is 12.8. The fourth-order valence-corrected chi connectivity index (χ4v) is 4.46. The van der Waals surface area contributed by atoms with Crippen molar-refractivity contribution >= 4 is 11.8 Å². The predicted octanol–water partition coefficient (Wildman–Crippen LogP) is 4.30. The monoisotopic (exact) mass is 416 g/mol. The minimum atomic E-state index is -4.49. The average molecular weight is 416 g/mol. The summed E-state index contributed by atoms with van der Waals surface area (Å²) in [4.78, 5) is 24.9. The van der Waals surface area contributed by atoms with Gasteiger partial charge in [-0.3, -0.25) is 9.59 Å². The van der Waals surface area contributed by atoms with Gasteiger partial charge >= 0.3 is 6.18 Å². The van der Waals surface area contributed by atoms with E-state index >= 15 is 0 Å². The van der Waals surface area contributed by atoms with E-state index in [0.29, 0.717) is 0 Å². The first-order valence-electron chi connectivity index (χ1n) is 10.2. The third-order valence-electron chi connectivity index (χ3n) is 6.00. The van der Waals surface area contributed by atoms with Crippen LogP contribution in [-0.2, 0) is 16.0 Å². The summed E-state index contributed by atoms with van der Waals surface area (Å²) in [6.07, 6.45) is -2.37.